The zero-order valence-electron chi connectivity index (χ0n) is 8.16. The molecule has 0 saturated heterocycles. The van der Waals surface area contributed by atoms with E-state index < -0.39 is 0 Å². The number of anilines is 1. The SMILES string of the molecule is CCc1nnc(NCc2csc(Br)c2)s1. The number of nitrogens with one attached hydrogen (secondary N) is 1. The van der Waals surface area contributed by atoms with Crippen LogP contribution >= 0.6 is 38.6 Å². The molecule has 2 aromatic rings. The van der Waals surface area contributed by atoms with E-state index >= 15 is 0 Å². The third-order valence-electron chi connectivity index (χ3n) is 1.83. The maximum absolute atomic E-state index is 4.06. The van der Waals surface area contributed by atoms with Gasteiger partial charge in [0.1, 0.15) is 5.01 Å². The molecule has 2 aromatic heterocycles. The normalized spacial score (nSPS) is 10.5. The van der Waals surface area contributed by atoms with Gasteiger partial charge in [0.25, 0.3) is 0 Å². The number of halogens is 1. The first-order valence-corrected chi connectivity index (χ1v) is 7.06. The van der Waals surface area contributed by atoms with E-state index in [2.05, 4.69) is 49.8 Å². The second kappa shape index (κ2) is 5.05. The van der Waals surface area contributed by atoms with E-state index in [1.54, 1.807) is 22.7 Å². The fourth-order valence-electron chi connectivity index (χ4n) is 1.08. The molecule has 0 aliphatic carbocycles. The first-order chi connectivity index (χ1) is 7.28. The largest absolute Gasteiger partial charge is 0.356 e. The van der Waals surface area contributed by atoms with Gasteiger partial charge >= 0.3 is 0 Å². The lowest BCUT2D eigenvalue weighted by Crippen LogP contribution is -1.97. The summed E-state index contributed by atoms with van der Waals surface area (Å²) >= 11 is 6.75. The van der Waals surface area contributed by atoms with E-state index in [1.165, 1.54) is 5.56 Å². The van der Waals surface area contributed by atoms with Crippen molar-refractivity contribution in [3.8, 4) is 0 Å². The lowest BCUT2D eigenvalue weighted by atomic mass is 10.3. The summed E-state index contributed by atoms with van der Waals surface area (Å²) in [5, 5.41) is 15.5. The van der Waals surface area contributed by atoms with Crippen molar-refractivity contribution in [2.24, 2.45) is 0 Å². The zero-order chi connectivity index (χ0) is 10.7. The predicted molar refractivity (Wildman–Crippen MR) is 68.6 cm³/mol. The zero-order valence-corrected chi connectivity index (χ0v) is 11.4. The van der Waals surface area contributed by atoms with Gasteiger partial charge in [0.15, 0.2) is 0 Å². The molecule has 0 spiro atoms. The molecular weight excluding hydrogens is 294 g/mol. The summed E-state index contributed by atoms with van der Waals surface area (Å²) in [6.45, 7) is 2.89. The second-order valence-electron chi connectivity index (χ2n) is 2.97. The summed E-state index contributed by atoms with van der Waals surface area (Å²) < 4.78 is 1.16. The summed E-state index contributed by atoms with van der Waals surface area (Å²) in [5.41, 5.74) is 1.26. The average molecular weight is 304 g/mol. The Labute approximate surface area is 105 Å². The van der Waals surface area contributed by atoms with Gasteiger partial charge in [0.2, 0.25) is 5.13 Å². The molecule has 6 heteroatoms. The highest BCUT2D eigenvalue weighted by atomic mass is 79.9. The Morgan fingerprint density at radius 3 is 2.93 bits per heavy atom. The molecule has 3 nitrogen and oxygen atoms in total. The van der Waals surface area contributed by atoms with Crippen molar-refractivity contribution in [3.63, 3.8) is 0 Å². The van der Waals surface area contributed by atoms with Crippen molar-refractivity contribution in [2.75, 3.05) is 5.32 Å². The Morgan fingerprint density at radius 1 is 1.47 bits per heavy atom. The molecule has 2 heterocycles. The van der Waals surface area contributed by atoms with Crippen molar-refractivity contribution >= 4 is 43.7 Å². The summed E-state index contributed by atoms with van der Waals surface area (Å²) in [7, 11) is 0. The number of nitrogens with zero attached hydrogens (tertiary/aromatic N) is 2. The van der Waals surface area contributed by atoms with E-state index in [4.69, 9.17) is 0 Å². The molecule has 0 fully saturated rings. The van der Waals surface area contributed by atoms with Crippen molar-refractivity contribution in [3.05, 3.63) is 25.8 Å². The molecule has 0 amide bonds. The van der Waals surface area contributed by atoms with Crippen LogP contribution in [0.3, 0.4) is 0 Å². The Balaban J connectivity index is 1.93. The average Bonchev–Trinajstić information content (AvgIpc) is 2.83. The van der Waals surface area contributed by atoms with Gasteiger partial charge in [-0.2, -0.15) is 0 Å². The molecule has 0 radical (unpaired) electrons. The lowest BCUT2D eigenvalue weighted by molar-refractivity contribution is 0.976. The molecule has 0 aliphatic rings. The maximum Gasteiger partial charge on any atom is 0.205 e. The van der Waals surface area contributed by atoms with Gasteiger partial charge in [-0.1, -0.05) is 18.3 Å². The highest BCUT2D eigenvalue weighted by Gasteiger charge is 2.02. The van der Waals surface area contributed by atoms with Gasteiger partial charge in [-0.05, 0) is 39.4 Å². The maximum atomic E-state index is 4.06. The van der Waals surface area contributed by atoms with Crippen LogP contribution in [0, 0.1) is 0 Å². The Kier molecular flexibility index (Phi) is 3.71. The molecule has 0 unspecified atom stereocenters. The second-order valence-corrected chi connectivity index (χ2v) is 6.32. The van der Waals surface area contributed by atoms with Crippen LogP contribution < -0.4 is 5.32 Å². The van der Waals surface area contributed by atoms with Crippen molar-refractivity contribution < 1.29 is 0 Å². The van der Waals surface area contributed by atoms with Crippen LogP contribution in [0.4, 0.5) is 5.13 Å². The number of aromatic nitrogens is 2. The first kappa shape index (κ1) is 11.0. The number of hydrogen-bond donors (Lipinski definition) is 1. The minimum absolute atomic E-state index is 0.806. The standard InChI is InChI=1S/C9H10BrN3S2/c1-2-8-12-13-9(15-8)11-4-6-3-7(10)14-5-6/h3,5H,2,4H2,1H3,(H,11,13). The molecule has 80 valence electrons. The van der Waals surface area contributed by atoms with Crippen LogP contribution in [0.1, 0.15) is 17.5 Å². The molecule has 0 bridgehead atoms. The van der Waals surface area contributed by atoms with E-state index in [9.17, 15) is 0 Å². The fraction of sp³-hybridized carbons (Fsp3) is 0.333. The van der Waals surface area contributed by atoms with E-state index in [0.29, 0.717) is 0 Å². The minimum atomic E-state index is 0.806. The Hall–Kier alpha value is -0.460. The smallest absolute Gasteiger partial charge is 0.205 e. The quantitative estimate of drug-likeness (QED) is 0.939. The van der Waals surface area contributed by atoms with Gasteiger partial charge in [0, 0.05) is 6.54 Å². The van der Waals surface area contributed by atoms with Gasteiger partial charge in [-0.15, -0.1) is 21.5 Å². The van der Waals surface area contributed by atoms with Crippen molar-refractivity contribution in [1.29, 1.82) is 0 Å². The lowest BCUT2D eigenvalue weighted by Gasteiger charge is -1.97. The minimum Gasteiger partial charge on any atom is -0.356 e. The fourth-order valence-corrected chi connectivity index (χ4v) is 2.97. The third-order valence-corrected chi connectivity index (χ3v) is 4.41. The molecule has 0 aromatic carbocycles. The molecule has 15 heavy (non-hydrogen) atoms. The summed E-state index contributed by atoms with van der Waals surface area (Å²) in [4.78, 5) is 0. The van der Waals surface area contributed by atoms with Crippen LogP contribution in [0.15, 0.2) is 15.2 Å². The van der Waals surface area contributed by atoms with Gasteiger partial charge < -0.3 is 5.32 Å². The van der Waals surface area contributed by atoms with Crippen LogP contribution in [0.5, 0.6) is 0 Å². The monoisotopic (exact) mass is 303 g/mol. The highest BCUT2D eigenvalue weighted by molar-refractivity contribution is 9.11. The molecule has 0 aliphatic heterocycles. The third kappa shape index (κ3) is 2.99. The first-order valence-electron chi connectivity index (χ1n) is 4.57. The van der Waals surface area contributed by atoms with Crippen LogP contribution in [-0.4, -0.2) is 10.2 Å². The van der Waals surface area contributed by atoms with E-state index in [1.807, 2.05) is 0 Å². The number of hydrogen-bond acceptors (Lipinski definition) is 5. The van der Waals surface area contributed by atoms with Crippen LogP contribution in [-0.2, 0) is 13.0 Å². The molecule has 0 atom stereocenters. The van der Waals surface area contributed by atoms with Crippen molar-refractivity contribution in [1.82, 2.24) is 10.2 Å². The highest BCUT2D eigenvalue weighted by Crippen LogP contribution is 2.22. The number of aryl methyl sites for hydroxylation is 1. The Morgan fingerprint density at radius 2 is 2.33 bits per heavy atom. The van der Waals surface area contributed by atoms with Crippen LogP contribution in [0.2, 0.25) is 0 Å². The molecular formula is C9H10BrN3S2. The summed E-state index contributed by atoms with van der Waals surface area (Å²) in [6.07, 6.45) is 0.948. The number of thiophene rings is 1. The summed E-state index contributed by atoms with van der Waals surface area (Å²) in [5.74, 6) is 0. The topological polar surface area (TPSA) is 37.8 Å². The van der Waals surface area contributed by atoms with E-state index in [0.717, 1.165) is 26.9 Å². The predicted octanol–water partition coefficient (Wildman–Crippen LogP) is 3.54. The van der Waals surface area contributed by atoms with Gasteiger partial charge in [-0.3, -0.25) is 0 Å². The van der Waals surface area contributed by atoms with Crippen LogP contribution in [0.25, 0.3) is 0 Å². The molecule has 2 rings (SSSR count). The van der Waals surface area contributed by atoms with Gasteiger partial charge in [-0.25, -0.2) is 0 Å². The van der Waals surface area contributed by atoms with Gasteiger partial charge in [0.05, 0.1) is 3.79 Å². The number of rotatable bonds is 4. The Bertz CT molecular complexity index is 438. The molecule has 1 N–H and O–H groups in total. The van der Waals surface area contributed by atoms with E-state index in [-0.39, 0.29) is 0 Å². The van der Waals surface area contributed by atoms with Crippen molar-refractivity contribution in [2.45, 2.75) is 19.9 Å². The molecule has 0 saturated carbocycles. The summed E-state index contributed by atoms with van der Waals surface area (Å²) in [6, 6.07) is 2.11.